The molecule has 8 heteroatoms. The summed E-state index contributed by atoms with van der Waals surface area (Å²) in [5.74, 6) is -2.53. The highest BCUT2D eigenvalue weighted by molar-refractivity contribution is 14.1. The summed E-state index contributed by atoms with van der Waals surface area (Å²) in [6.07, 6.45) is 13.1. The Morgan fingerprint density at radius 3 is 1.76 bits per heavy atom. The zero-order chi connectivity index (χ0) is 25.0. The van der Waals surface area contributed by atoms with Crippen molar-refractivity contribution in [3.05, 3.63) is 0 Å². The number of ether oxygens (including phenoxy) is 2. The standard InChI is InChI=1S/C25H45IO7/c1-3-5-7-9-11-13-16-21(22(27)28)17-15-19-25(23(29)30,33-24(31)32-20-26)18-14-12-10-8-6-4-2/h21H,3-20H2,1-2H3,(H,27,28)(H,29,30). The first-order chi connectivity index (χ1) is 15.8. The zero-order valence-electron chi connectivity index (χ0n) is 20.6. The minimum absolute atomic E-state index is 0.0721. The maximum atomic E-state index is 12.2. The van der Waals surface area contributed by atoms with Crippen LogP contribution in [0.15, 0.2) is 0 Å². The Bertz CT molecular complexity index is 541. The molecule has 0 saturated carbocycles. The average Bonchev–Trinajstić information content (AvgIpc) is 2.76. The third kappa shape index (κ3) is 15.5. The molecule has 0 aliphatic rings. The Morgan fingerprint density at radius 2 is 1.24 bits per heavy atom. The molecule has 0 amide bonds. The lowest BCUT2D eigenvalue weighted by Gasteiger charge is -2.29. The fraction of sp³-hybridized carbons (Fsp3) is 0.880. The van der Waals surface area contributed by atoms with Crippen LogP contribution in [0.5, 0.6) is 0 Å². The lowest BCUT2D eigenvalue weighted by Crippen LogP contribution is -2.43. The molecule has 0 rings (SSSR count). The van der Waals surface area contributed by atoms with Crippen molar-refractivity contribution in [2.24, 2.45) is 5.92 Å². The van der Waals surface area contributed by atoms with E-state index in [1.807, 2.05) is 22.6 Å². The van der Waals surface area contributed by atoms with Gasteiger partial charge in [0.1, 0.15) is 4.61 Å². The molecule has 0 spiro atoms. The van der Waals surface area contributed by atoms with Gasteiger partial charge in [0.05, 0.1) is 5.92 Å². The van der Waals surface area contributed by atoms with Crippen LogP contribution >= 0.6 is 22.6 Å². The molecule has 0 bridgehead atoms. The lowest BCUT2D eigenvalue weighted by atomic mass is 9.87. The Kier molecular flexibility index (Phi) is 19.7. The molecule has 33 heavy (non-hydrogen) atoms. The lowest BCUT2D eigenvalue weighted by molar-refractivity contribution is -0.163. The van der Waals surface area contributed by atoms with E-state index in [0.717, 1.165) is 51.4 Å². The SMILES string of the molecule is CCCCCCCCC(CCCC(CCCCCCCC)(OC(=O)OCI)C(=O)O)C(=O)O. The van der Waals surface area contributed by atoms with Crippen LogP contribution < -0.4 is 0 Å². The van der Waals surface area contributed by atoms with Crippen molar-refractivity contribution in [3.63, 3.8) is 0 Å². The number of hydrogen-bond acceptors (Lipinski definition) is 5. The number of alkyl halides is 1. The summed E-state index contributed by atoms with van der Waals surface area (Å²) in [5, 5.41) is 19.5. The fourth-order valence-electron chi connectivity index (χ4n) is 4.11. The summed E-state index contributed by atoms with van der Waals surface area (Å²) >= 11 is 1.85. The summed E-state index contributed by atoms with van der Waals surface area (Å²) < 4.78 is 10.2. The first-order valence-corrected chi connectivity index (χ1v) is 14.2. The number of rotatable bonds is 22. The van der Waals surface area contributed by atoms with Crippen molar-refractivity contribution in [2.45, 2.75) is 129 Å². The number of halogens is 1. The van der Waals surface area contributed by atoms with Gasteiger partial charge in [-0.05, 0) is 61.1 Å². The molecule has 0 aliphatic carbocycles. The number of hydrogen-bond donors (Lipinski definition) is 2. The number of unbranched alkanes of at least 4 members (excludes halogenated alkanes) is 10. The van der Waals surface area contributed by atoms with E-state index in [9.17, 15) is 24.6 Å². The molecule has 0 saturated heterocycles. The molecule has 0 heterocycles. The smallest absolute Gasteiger partial charge is 0.481 e. The molecule has 194 valence electrons. The molecule has 0 aromatic heterocycles. The molecule has 0 aliphatic heterocycles. The quantitative estimate of drug-likeness (QED) is 0.0580. The van der Waals surface area contributed by atoms with Crippen LogP contribution in [0.3, 0.4) is 0 Å². The van der Waals surface area contributed by atoms with Gasteiger partial charge in [-0.2, -0.15) is 0 Å². The van der Waals surface area contributed by atoms with Crippen molar-refractivity contribution in [2.75, 3.05) is 4.61 Å². The van der Waals surface area contributed by atoms with E-state index >= 15 is 0 Å². The van der Waals surface area contributed by atoms with E-state index in [2.05, 4.69) is 13.8 Å². The van der Waals surface area contributed by atoms with Crippen molar-refractivity contribution >= 4 is 40.7 Å². The molecule has 0 aromatic rings. The highest BCUT2D eigenvalue weighted by atomic mass is 127. The van der Waals surface area contributed by atoms with E-state index in [1.54, 1.807) is 0 Å². The highest BCUT2D eigenvalue weighted by Crippen LogP contribution is 2.30. The second-order valence-electron chi connectivity index (χ2n) is 8.91. The molecule has 2 unspecified atom stereocenters. The van der Waals surface area contributed by atoms with Crippen LogP contribution in [-0.2, 0) is 19.1 Å². The summed E-state index contributed by atoms with van der Waals surface area (Å²) in [6.45, 7) is 4.30. The van der Waals surface area contributed by atoms with E-state index in [1.165, 1.54) is 19.3 Å². The Labute approximate surface area is 213 Å². The molecule has 7 nitrogen and oxygen atoms in total. The van der Waals surface area contributed by atoms with Gasteiger partial charge in [0.2, 0.25) is 5.60 Å². The first kappa shape index (κ1) is 31.9. The Balaban J connectivity index is 4.88. The van der Waals surface area contributed by atoms with Crippen LogP contribution in [0, 0.1) is 5.92 Å². The minimum atomic E-state index is -1.67. The minimum Gasteiger partial charge on any atom is -0.481 e. The molecular formula is C25H45IO7. The van der Waals surface area contributed by atoms with Gasteiger partial charge >= 0.3 is 18.1 Å². The van der Waals surface area contributed by atoms with Gasteiger partial charge in [-0.15, -0.1) is 0 Å². The number of carboxylic acids is 2. The number of carboxylic acid groups (broad SMARTS) is 2. The van der Waals surface area contributed by atoms with E-state index in [4.69, 9.17) is 9.47 Å². The van der Waals surface area contributed by atoms with Gasteiger partial charge in [0.25, 0.3) is 0 Å². The third-order valence-corrected chi connectivity index (χ3v) is 6.48. The number of carbonyl (C=O) groups excluding carboxylic acids is 1. The van der Waals surface area contributed by atoms with E-state index < -0.39 is 29.6 Å². The summed E-state index contributed by atoms with van der Waals surface area (Å²) in [6, 6.07) is 0. The topological polar surface area (TPSA) is 110 Å². The molecular weight excluding hydrogens is 539 g/mol. The monoisotopic (exact) mass is 584 g/mol. The van der Waals surface area contributed by atoms with E-state index in [-0.39, 0.29) is 17.5 Å². The molecule has 2 N–H and O–H groups in total. The second-order valence-corrected chi connectivity index (χ2v) is 9.53. The van der Waals surface area contributed by atoms with Crippen molar-refractivity contribution in [1.82, 2.24) is 0 Å². The van der Waals surface area contributed by atoms with E-state index in [0.29, 0.717) is 25.7 Å². The van der Waals surface area contributed by atoms with Gasteiger partial charge in [0, 0.05) is 0 Å². The third-order valence-electron chi connectivity index (χ3n) is 6.16. The largest absolute Gasteiger partial charge is 0.510 e. The average molecular weight is 585 g/mol. The molecule has 0 radical (unpaired) electrons. The highest BCUT2D eigenvalue weighted by Gasteiger charge is 2.42. The Hall–Kier alpha value is -1.06. The summed E-state index contributed by atoms with van der Waals surface area (Å²) in [5.41, 5.74) is -1.67. The molecule has 2 atom stereocenters. The molecule has 0 aromatic carbocycles. The van der Waals surface area contributed by atoms with Crippen molar-refractivity contribution in [1.29, 1.82) is 0 Å². The van der Waals surface area contributed by atoms with Crippen LogP contribution in [0.25, 0.3) is 0 Å². The van der Waals surface area contributed by atoms with Crippen molar-refractivity contribution in [3.8, 4) is 0 Å². The molecule has 0 fully saturated rings. The van der Waals surface area contributed by atoms with Gasteiger partial charge in [-0.1, -0.05) is 84.5 Å². The summed E-state index contributed by atoms with van der Waals surface area (Å²) in [4.78, 5) is 35.9. The maximum Gasteiger partial charge on any atom is 0.510 e. The maximum absolute atomic E-state index is 12.2. The fourth-order valence-corrected chi connectivity index (χ4v) is 4.36. The van der Waals surface area contributed by atoms with Crippen LogP contribution in [0.4, 0.5) is 4.79 Å². The second kappa shape index (κ2) is 20.3. The van der Waals surface area contributed by atoms with Crippen LogP contribution in [0.2, 0.25) is 0 Å². The predicted octanol–water partition coefficient (Wildman–Crippen LogP) is 7.73. The van der Waals surface area contributed by atoms with Gasteiger partial charge in [-0.25, -0.2) is 9.59 Å². The number of aliphatic carboxylic acids is 2. The van der Waals surface area contributed by atoms with Gasteiger partial charge < -0.3 is 19.7 Å². The van der Waals surface area contributed by atoms with Crippen molar-refractivity contribution < 1.29 is 34.1 Å². The van der Waals surface area contributed by atoms with Crippen LogP contribution in [0.1, 0.15) is 123 Å². The Morgan fingerprint density at radius 1 is 0.758 bits per heavy atom. The number of carbonyl (C=O) groups is 3. The van der Waals surface area contributed by atoms with Gasteiger partial charge in [0.15, 0.2) is 0 Å². The normalized spacial score (nSPS) is 13.8. The predicted molar refractivity (Wildman–Crippen MR) is 138 cm³/mol. The zero-order valence-corrected chi connectivity index (χ0v) is 22.8. The first-order valence-electron chi connectivity index (χ1n) is 12.7. The van der Waals surface area contributed by atoms with Gasteiger partial charge in [-0.3, -0.25) is 4.79 Å². The summed E-state index contributed by atoms with van der Waals surface area (Å²) in [7, 11) is 0. The van der Waals surface area contributed by atoms with Crippen LogP contribution in [-0.4, -0.2) is 38.5 Å².